The van der Waals surface area contributed by atoms with Crippen molar-refractivity contribution < 1.29 is 26.3 Å². The predicted molar refractivity (Wildman–Crippen MR) is 125 cm³/mol. The molecule has 188 valence electrons. The highest BCUT2D eigenvalue weighted by Gasteiger charge is 2.32. The highest BCUT2D eigenvalue weighted by Crippen LogP contribution is 2.37. The average molecular weight is 509 g/mol. The van der Waals surface area contributed by atoms with Crippen LogP contribution in [-0.4, -0.2) is 37.2 Å². The van der Waals surface area contributed by atoms with Crippen molar-refractivity contribution in [1.82, 2.24) is 14.3 Å². The zero-order valence-electron chi connectivity index (χ0n) is 19.1. The van der Waals surface area contributed by atoms with Gasteiger partial charge in [-0.25, -0.2) is 18.1 Å². The molecule has 11 heteroatoms. The molecule has 0 bridgehead atoms. The minimum Gasteiger partial charge on any atom is -0.492 e. The number of aryl methyl sites for hydroxylation is 2. The van der Waals surface area contributed by atoms with Crippen molar-refractivity contribution in [2.45, 2.75) is 42.4 Å². The van der Waals surface area contributed by atoms with E-state index >= 15 is 0 Å². The number of aromatic nitrogens is 2. The SMILES string of the molecule is Cn1cnc(S(=O)(=O)NCCOc2ccc3c(c2)[C@@H](Cc2cccc(C(F)(F)F)c2)[C@@H](N)CC3)c1. The number of sulfonamides is 1. The molecule has 3 aromatic rings. The Hall–Kier alpha value is -2.89. The van der Waals surface area contributed by atoms with Gasteiger partial charge in [0.1, 0.15) is 12.4 Å². The molecule has 1 aliphatic rings. The monoisotopic (exact) mass is 508 g/mol. The van der Waals surface area contributed by atoms with Crippen molar-refractivity contribution in [3.05, 3.63) is 77.2 Å². The first-order valence-corrected chi connectivity index (χ1v) is 12.7. The van der Waals surface area contributed by atoms with E-state index in [0.29, 0.717) is 17.7 Å². The van der Waals surface area contributed by atoms with Crippen LogP contribution in [0.3, 0.4) is 0 Å². The van der Waals surface area contributed by atoms with Gasteiger partial charge in [0.05, 0.1) is 11.9 Å². The van der Waals surface area contributed by atoms with E-state index < -0.39 is 21.8 Å². The fraction of sp³-hybridized carbons (Fsp3) is 0.375. The molecule has 0 unspecified atom stereocenters. The molecule has 0 spiro atoms. The molecule has 2 atom stereocenters. The predicted octanol–water partition coefficient (Wildman–Crippen LogP) is 3.40. The molecule has 0 saturated carbocycles. The van der Waals surface area contributed by atoms with Crippen molar-refractivity contribution >= 4 is 10.0 Å². The number of benzene rings is 2. The molecule has 1 heterocycles. The smallest absolute Gasteiger partial charge is 0.416 e. The van der Waals surface area contributed by atoms with E-state index in [1.165, 1.54) is 24.7 Å². The Labute approximate surface area is 202 Å². The topological polar surface area (TPSA) is 99.2 Å². The molecule has 1 aromatic heterocycles. The summed E-state index contributed by atoms with van der Waals surface area (Å²) in [4.78, 5) is 3.84. The van der Waals surface area contributed by atoms with Gasteiger partial charge in [-0.2, -0.15) is 13.2 Å². The number of fused-ring (bicyclic) bond motifs is 1. The van der Waals surface area contributed by atoms with Gasteiger partial charge in [-0.05, 0) is 54.2 Å². The molecule has 3 N–H and O–H groups in total. The highest BCUT2D eigenvalue weighted by molar-refractivity contribution is 7.89. The summed E-state index contributed by atoms with van der Waals surface area (Å²) < 4.78 is 73.7. The van der Waals surface area contributed by atoms with Crippen molar-refractivity contribution in [1.29, 1.82) is 0 Å². The van der Waals surface area contributed by atoms with E-state index in [1.807, 2.05) is 18.2 Å². The van der Waals surface area contributed by atoms with Crippen LogP contribution >= 0.6 is 0 Å². The number of alkyl halides is 3. The summed E-state index contributed by atoms with van der Waals surface area (Å²) in [6.45, 7) is 0.137. The van der Waals surface area contributed by atoms with Gasteiger partial charge in [0.15, 0.2) is 5.03 Å². The average Bonchev–Trinajstić information content (AvgIpc) is 3.26. The summed E-state index contributed by atoms with van der Waals surface area (Å²) in [5, 5.41) is -0.0693. The van der Waals surface area contributed by atoms with E-state index in [9.17, 15) is 21.6 Å². The molecule has 0 aliphatic heterocycles. The molecule has 7 nitrogen and oxygen atoms in total. The molecule has 2 aromatic carbocycles. The molecule has 0 saturated heterocycles. The van der Waals surface area contributed by atoms with Crippen LogP contribution in [0.15, 0.2) is 60.0 Å². The number of hydrogen-bond donors (Lipinski definition) is 2. The number of hydrogen-bond acceptors (Lipinski definition) is 5. The standard InChI is InChI=1S/C24H27F3N4O3S/c1-31-14-23(29-15-31)35(32,33)30-9-10-34-19-7-5-17-6-8-22(28)21(20(17)13-19)12-16-3-2-4-18(11-16)24(25,26)27/h2-5,7,11,13-15,21-22,30H,6,8-10,12,28H2,1H3/t21-,22+/m1/s1. The third-order valence-electron chi connectivity index (χ3n) is 6.11. The van der Waals surface area contributed by atoms with Crippen LogP contribution in [0.25, 0.3) is 0 Å². The lowest BCUT2D eigenvalue weighted by Crippen LogP contribution is -2.34. The Bertz CT molecular complexity index is 1290. The summed E-state index contributed by atoms with van der Waals surface area (Å²) in [6, 6.07) is 10.8. The molecular weight excluding hydrogens is 481 g/mol. The Balaban J connectivity index is 1.44. The van der Waals surface area contributed by atoms with E-state index in [-0.39, 0.29) is 30.1 Å². The first-order valence-electron chi connectivity index (χ1n) is 11.2. The van der Waals surface area contributed by atoms with Gasteiger partial charge < -0.3 is 15.0 Å². The molecule has 1 aliphatic carbocycles. The Kier molecular flexibility index (Phi) is 7.20. The van der Waals surface area contributed by atoms with Crippen LogP contribution in [0.4, 0.5) is 13.2 Å². The fourth-order valence-corrected chi connectivity index (χ4v) is 5.32. The number of imidazole rings is 1. The zero-order chi connectivity index (χ0) is 25.2. The molecule has 0 amide bonds. The summed E-state index contributed by atoms with van der Waals surface area (Å²) in [6.07, 6.45) is 0.304. The van der Waals surface area contributed by atoms with Crippen LogP contribution in [0.2, 0.25) is 0 Å². The number of rotatable bonds is 8. The van der Waals surface area contributed by atoms with Gasteiger partial charge in [0, 0.05) is 31.7 Å². The maximum Gasteiger partial charge on any atom is 0.416 e. The zero-order valence-corrected chi connectivity index (χ0v) is 19.9. The molecule has 4 rings (SSSR count). The third-order valence-corrected chi connectivity index (χ3v) is 7.46. The summed E-state index contributed by atoms with van der Waals surface area (Å²) in [5.74, 6) is 0.386. The van der Waals surface area contributed by atoms with Gasteiger partial charge in [0.25, 0.3) is 10.0 Å². The Morgan fingerprint density at radius 2 is 2.03 bits per heavy atom. The van der Waals surface area contributed by atoms with Crippen molar-refractivity contribution in [3.63, 3.8) is 0 Å². The van der Waals surface area contributed by atoms with Gasteiger partial charge in [-0.1, -0.05) is 24.3 Å². The second kappa shape index (κ2) is 10.00. The third kappa shape index (κ3) is 6.03. The molecule has 35 heavy (non-hydrogen) atoms. The van der Waals surface area contributed by atoms with Crippen LogP contribution in [0.5, 0.6) is 5.75 Å². The maximum absolute atomic E-state index is 13.1. The van der Waals surface area contributed by atoms with E-state index in [0.717, 1.165) is 30.0 Å². The summed E-state index contributed by atoms with van der Waals surface area (Å²) >= 11 is 0. The Morgan fingerprint density at radius 1 is 1.23 bits per heavy atom. The second-order valence-corrected chi connectivity index (χ2v) is 10.4. The number of halogens is 3. The highest BCUT2D eigenvalue weighted by atomic mass is 32.2. The maximum atomic E-state index is 13.1. The van der Waals surface area contributed by atoms with Crippen molar-refractivity contribution in [2.75, 3.05) is 13.2 Å². The molecule has 0 radical (unpaired) electrons. The van der Waals surface area contributed by atoms with E-state index in [2.05, 4.69) is 9.71 Å². The van der Waals surface area contributed by atoms with Crippen LogP contribution in [-0.2, 0) is 36.1 Å². The lowest BCUT2D eigenvalue weighted by atomic mass is 9.76. The number of ether oxygens (including phenoxy) is 1. The van der Waals surface area contributed by atoms with Crippen LogP contribution in [0, 0.1) is 0 Å². The number of nitrogens with zero attached hydrogens (tertiary/aromatic N) is 2. The quantitative estimate of drug-likeness (QED) is 0.455. The van der Waals surface area contributed by atoms with Crippen LogP contribution in [0.1, 0.15) is 34.6 Å². The largest absolute Gasteiger partial charge is 0.492 e. The Morgan fingerprint density at radius 3 is 2.74 bits per heavy atom. The van der Waals surface area contributed by atoms with Gasteiger partial charge in [0.2, 0.25) is 0 Å². The van der Waals surface area contributed by atoms with Gasteiger partial charge in [-0.3, -0.25) is 0 Å². The lowest BCUT2D eigenvalue weighted by Gasteiger charge is -2.32. The van der Waals surface area contributed by atoms with Crippen molar-refractivity contribution in [2.24, 2.45) is 12.8 Å². The first-order chi connectivity index (χ1) is 16.5. The normalized spacial score (nSPS) is 18.3. The molecule has 0 fully saturated rings. The van der Waals surface area contributed by atoms with E-state index in [1.54, 1.807) is 17.7 Å². The fourth-order valence-electron chi connectivity index (χ4n) is 4.33. The van der Waals surface area contributed by atoms with Gasteiger partial charge >= 0.3 is 6.18 Å². The van der Waals surface area contributed by atoms with E-state index in [4.69, 9.17) is 10.5 Å². The second-order valence-electron chi connectivity index (χ2n) is 8.70. The number of nitrogens with one attached hydrogen (secondary N) is 1. The minimum absolute atomic E-state index is 0.0448. The van der Waals surface area contributed by atoms with Crippen LogP contribution < -0.4 is 15.2 Å². The minimum atomic E-state index is -4.40. The van der Waals surface area contributed by atoms with Crippen molar-refractivity contribution in [3.8, 4) is 5.75 Å². The molecular formula is C24H27F3N4O3S. The lowest BCUT2D eigenvalue weighted by molar-refractivity contribution is -0.137. The number of nitrogens with two attached hydrogens (primary N) is 1. The van der Waals surface area contributed by atoms with Gasteiger partial charge in [-0.15, -0.1) is 0 Å². The first kappa shape index (κ1) is 25.2. The summed E-state index contributed by atoms with van der Waals surface area (Å²) in [5.41, 5.74) is 8.33. The summed E-state index contributed by atoms with van der Waals surface area (Å²) in [7, 11) is -2.05.